The van der Waals surface area contributed by atoms with Crippen LogP contribution in [0, 0.1) is 77.1 Å². The minimum Gasteiger partial charge on any atom is -0.477 e. The summed E-state index contributed by atoms with van der Waals surface area (Å²) in [7, 11) is 0. The number of aliphatic hydroxyl groups is 1. The third-order valence-electron chi connectivity index (χ3n) is 25.4. The van der Waals surface area contributed by atoms with Gasteiger partial charge in [0.05, 0.1) is 45.6 Å². The Hall–Kier alpha value is -9.33. The lowest BCUT2D eigenvalue weighted by Gasteiger charge is -2.34. The van der Waals surface area contributed by atoms with Crippen molar-refractivity contribution in [2.45, 2.75) is 229 Å². The number of hydrogen-bond acceptors (Lipinski definition) is 27. The molecule has 8 fully saturated rings. The number of carbonyl (C=O) groups is 4. The van der Waals surface area contributed by atoms with Gasteiger partial charge in [0.1, 0.15) is 48.1 Å². The Labute approximate surface area is 825 Å². The number of pyridine rings is 6. The van der Waals surface area contributed by atoms with Crippen LogP contribution in [-0.2, 0) is 76.1 Å². The minimum atomic E-state index is -1.07. The predicted molar refractivity (Wildman–Crippen MR) is 505 cm³/mol. The molecule has 8 aromatic rings. The Morgan fingerprint density at radius 1 is 0.504 bits per heavy atom. The number of nitrogens with one attached hydrogen (secondary N) is 2. The zero-order valence-electron chi connectivity index (χ0n) is 75.3. The minimum absolute atomic E-state index is 0.0386. The number of aliphatic hydroxyl groups excluding tert-OH is 1. The molecule has 3 amide bonds. The molecule has 716 valence electrons. The number of fused-ring (bicyclic) bond motifs is 6. The standard InChI is InChI=1S/C23H23BrFN3O4.C18H15BrFN3O2.C17H20BrFN2O3.C11H11BrFN3O.C10H10BrFN2O.C10H12BrFN2O.C5H7NO/c1-22(2,3)32-21(30)28(19(29)13-8-6-5-7-9-13)20-27-23(4,15-11-17(15)31-20)16-10-14(24)12-26-18(16)25;1-18(13-7-11(19)9-21-15(13)20)12-8-14(12)25-17(23-18)22-16(24)10-5-3-2-4-6-10;1-16(2,3)24-14(22)7-13-21-17(4,10-6-12(10)23-13)11-5-9(18)8-20-15(11)19;1-11(6-3-8(6)17-10(14)16-11)7-2-5(12)4-15-9(7)13;1-10(6-3-8(6)15-14-10)7-2-5(11)4-13-9(7)12;1-10(13,6-3-8(6)15)7-2-5(11)4-14-9(7)12;1-3-4-2-5(4)7-6-3/h5-10,12,15,17H,11H2,1-4H3;2-7,9,12,14H,8H2,1H3,(H,22,23,24);5,8,10,12H,6-7H2,1-4H3;2,4,6,8H,3H2,1H3,(H2,14,16);2,4,6,8,14H,3H2,1H3;2,4,6,8,15H,3,13H2,1H3;4-5H,2H2,1H3/t15-,17+,23-;12-,14+,18-;10-,12+,17-;6-,8+,11-;2*6-,8?,10-;/m111011./s1. The highest BCUT2D eigenvalue weighted by molar-refractivity contribution is 9.11. The number of esters is 1. The topological polar surface area (TPSA) is 381 Å². The van der Waals surface area contributed by atoms with Gasteiger partial charge in [-0.25, -0.2) is 54.7 Å². The van der Waals surface area contributed by atoms with Gasteiger partial charge in [-0.1, -0.05) is 41.6 Å². The van der Waals surface area contributed by atoms with Crippen LogP contribution in [0.2, 0.25) is 0 Å². The van der Waals surface area contributed by atoms with Crippen LogP contribution >= 0.6 is 95.6 Å². The van der Waals surface area contributed by atoms with Crippen molar-refractivity contribution in [3.05, 3.63) is 241 Å². The van der Waals surface area contributed by atoms with Crippen molar-refractivity contribution < 1.29 is 88.7 Å². The molecule has 7 N–H and O–H groups in total. The van der Waals surface area contributed by atoms with Crippen molar-refractivity contribution in [1.29, 1.82) is 0 Å². The van der Waals surface area contributed by atoms with Gasteiger partial charge in [-0.2, -0.15) is 36.7 Å². The summed E-state index contributed by atoms with van der Waals surface area (Å²) in [6, 6.07) is 27.2. The molecular formula is C94H98Br6F6N16O13. The number of hydrogen-bond donors (Lipinski definition) is 5. The lowest BCUT2D eigenvalue weighted by atomic mass is 9.87. The van der Waals surface area contributed by atoms with Gasteiger partial charge in [0.25, 0.3) is 23.9 Å². The molecule has 7 aliphatic carbocycles. The number of nitrogens with two attached hydrogens (primary N) is 2. The molecule has 0 spiro atoms. The van der Waals surface area contributed by atoms with Crippen molar-refractivity contribution in [1.82, 2.24) is 45.6 Å². The van der Waals surface area contributed by atoms with Gasteiger partial charge in [-0.3, -0.25) is 24.5 Å². The van der Waals surface area contributed by atoms with Crippen LogP contribution in [0.4, 0.5) is 31.1 Å². The van der Waals surface area contributed by atoms with E-state index in [-0.39, 0.29) is 102 Å². The zero-order valence-corrected chi connectivity index (χ0v) is 84.9. The van der Waals surface area contributed by atoms with Crippen molar-refractivity contribution in [2.75, 3.05) is 0 Å². The Bertz CT molecular complexity index is 6100. The normalized spacial score (nSPS) is 29.8. The number of hydroxylamine groups is 1. The number of aromatic nitrogens is 6. The zero-order chi connectivity index (χ0) is 97.5. The molecular weight excluding hydrogens is 2150 g/mol. The quantitative estimate of drug-likeness (QED) is 0.0456. The smallest absolute Gasteiger partial charge is 0.425 e. The second kappa shape index (κ2) is 38.8. The first-order valence-electron chi connectivity index (χ1n) is 43.5. The van der Waals surface area contributed by atoms with Gasteiger partial charge in [0.15, 0.2) is 5.90 Å². The Morgan fingerprint density at radius 2 is 0.911 bits per heavy atom. The summed E-state index contributed by atoms with van der Waals surface area (Å²) in [6.07, 6.45) is 13.3. The first kappa shape index (κ1) is 100. The maximum absolute atomic E-state index is 14.7. The van der Waals surface area contributed by atoms with E-state index in [1.807, 2.05) is 40.7 Å². The number of carbonyl (C=O) groups excluding carboxylic acids is 4. The van der Waals surface area contributed by atoms with E-state index < -0.39 is 104 Å². The van der Waals surface area contributed by atoms with Crippen LogP contribution in [-0.4, -0.2) is 147 Å². The Kier molecular flexibility index (Phi) is 28.8. The largest absolute Gasteiger partial charge is 0.477 e. The van der Waals surface area contributed by atoms with E-state index in [0.29, 0.717) is 88.0 Å². The maximum Gasteiger partial charge on any atom is 0.425 e. The lowest BCUT2D eigenvalue weighted by molar-refractivity contribution is -0.153. The molecule has 6 aliphatic heterocycles. The number of ether oxygens (including phenoxy) is 6. The van der Waals surface area contributed by atoms with Crippen molar-refractivity contribution in [3.63, 3.8) is 0 Å². The second-order valence-electron chi connectivity index (χ2n) is 38.1. The number of imide groups is 1. The van der Waals surface area contributed by atoms with Gasteiger partial charge in [-0.15, -0.1) is 0 Å². The molecule has 0 bridgehead atoms. The molecule has 2 aromatic carbocycles. The fourth-order valence-electron chi connectivity index (χ4n) is 17.4. The first-order chi connectivity index (χ1) is 63.5. The van der Waals surface area contributed by atoms with Crippen molar-refractivity contribution in [2.24, 2.45) is 78.0 Å². The number of aliphatic imine (C=N–C) groups is 4. The molecule has 0 radical (unpaired) electrons. The molecule has 41 heteroatoms. The molecule has 21 rings (SSSR count). The summed E-state index contributed by atoms with van der Waals surface area (Å²) in [5.74, 6) is -3.11. The lowest BCUT2D eigenvalue weighted by Crippen LogP contribution is -2.49. The van der Waals surface area contributed by atoms with Crippen LogP contribution in [0.25, 0.3) is 0 Å². The average Bonchev–Trinajstić information content (AvgIpc) is 1.58. The van der Waals surface area contributed by atoms with E-state index in [0.717, 1.165) is 39.5 Å². The highest BCUT2D eigenvalue weighted by Crippen LogP contribution is 2.59. The van der Waals surface area contributed by atoms with Gasteiger partial charge in [0, 0.05) is 155 Å². The van der Waals surface area contributed by atoms with E-state index >= 15 is 0 Å². The number of benzene rings is 2. The fraction of sp³-hybridized carbons (Fsp3) is 0.457. The van der Waals surface area contributed by atoms with Crippen LogP contribution in [0.15, 0.2) is 186 Å². The number of amidine groups is 3. The first-order valence-corrected chi connectivity index (χ1v) is 48.2. The van der Waals surface area contributed by atoms with Crippen LogP contribution in [0.3, 0.4) is 0 Å². The van der Waals surface area contributed by atoms with Gasteiger partial charge in [-0.05, 0) is 291 Å². The monoisotopic (exact) mass is 2250 g/mol. The highest BCUT2D eigenvalue weighted by atomic mass is 79.9. The molecule has 7 saturated carbocycles. The number of oxime groups is 1. The molecule has 4 unspecified atom stereocenters. The van der Waals surface area contributed by atoms with Crippen LogP contribution in [0.1, 0.15) is 195 Å². The Balaban J connectivity index is 0.000000124. The third-order valence-corrected chi connectivity index (χ3v) is 28.0. The maximum atomic E-state index is 14.7. The predicted octanol–water partition coefficient (Wildman–Crippen LogP) is 18.6. The van der Waals surface area contributed by atoms with E-state index in [2.05, 4.69) is 161 Å². The fourth-order valence-corrected chi connectivity index (χ4v) is 19.4. The molecule has 12 heterocycles. The SMILES string of the molecule is CC(C)(C)OC(=O)CC1=N[C@@](C)(c2cc(Br)cnc2F)[C@@H]2C[C@@H]2O1.CC(C)(C)OC(=O)N(C(=O)c1ccccc1)C1=N[C@@](C)(c2cc(Br)cnc2F)[C@@H]2C[C@@H]2O1.CC1=NOC2CC12.C[C@@]1(c2cc(Br)cnc2F)N=C(NC(=O)c2ccccc2)O[C@H]2C[C@H]21.C[C@@]1(c2cc(Br)cnc2F)NOC2C[C@H]21.C[C@](N)(c1cc(Br)cnc1F)[C@@H]1CC1O.C[C@]1(c2cc(Br)cnc2F)N=C(N)O[C@@H]2C[C@@H]21. The molecule has 135 heavy (non-hydrogen) atoms. The molecule has 29 nitrogen and oxygen atoms in total. The van der Waals surface area contributed by atoms with Crippen LogP contribution < -0.4 is 22.3 Å². The van der Waals surface area contributed by atoms with E-state index in [9.17, 15) is 50.6 Å². The number of halogens is 12. The number of rotatable bonds is 11. The summed E-state index contributed by atoms with van der Waals surface area (Å²) >= 11 is 19.8. The third kappa shape index (κ3) is 22.7. The molecule has 13 aliphatic rings. The van der Waals surface area contributed by atoms with Crippen LogP contribution in [0.5, 0.6) is 0 Å². The van der Waals surface area contributed by atoms with E-state index in [4.69, 9.17) is 49.6 Å². The van der Waals surface area contributed by atoms with E-state index in [1.165, 1.54) is 49.3 Å². The average molecular weight is 2250 g/mol. The summed E-state index contributed by atoms with van der Waals surface area (Å²) in [6.45, 7) is 23.6. The summed E-state index contributed by atoms with van der Waals surface area (Å²) in [5.41, 5.74) is 12.9. The second-order valence-corrected chi connectivity index (χ2v) is 43.6. The highest BCUT2D eigenvalue weighted by Gasteiger charge is 2.64. The van der Waals surface area contributed by atoms with Gasteiger partial charge in [0.2, 0.25) is 35.7 Å². The summed E-state index contributed by atoms with van der Waals surface area (Å²) < 4.78 is 122. The van der Waals surface area contributed by atoms with Gasteiger partial charge < -0.3 is 49.8 Å². The summed E-state index contributed by atoms with van der Waals surface area (Å²) in [4.78, 5) is 102. The summed E-state index contributed by atoms with van der Waals surface area (Å²) in [5, 5.41) is 15.8. The molecule has 1 saturated heterocycles. The van der Waals surface area contributed by atoms with Crippen molar-refractivity contribution >= 4 is 149 Å². The van der Waals surface area contributed by atoms with E-state index in [1.54, 1.807) is 146 Å². The Morgan fingerprint density at radius 3 is 1.33 bits per heavy atom. The van der Waals surface area contributed by atoms with Crippen molar-refractivity contribution in [3.8, 4) is 0 Å². The molecule has 20 atom stereocenters. The van der Waals surface area contributed by atoms with Gasteiger partial charge >= 0.3 is 18.1 Å². The molecule has 6 aromatic heterocycles. The number of nitrogens with zero attached hydrogens (tertiary/aromatic N) is 12. The number of amides is 3.